The number of ether oxygens (including phenoxy) is 1. The minimum absolute atomic E-state index is 0.0941. The quantitative estimate of drug-likeness (QED) is 0.233. The molecule has 1 aliphatic rings. The van der Waals surface area contributed by atoms with E-state index in [-0.39, 0.29) is 23.6 Å². The van der Waals surface area contributed by atoms with Gasteiger partial charge in [-0.2, -0.15) is 0 Å². The fraction of sp³-hybridized carbons (Fsp3) is 0.382. The average Bonchev–Trinajstić information content (AvgIpc) is 3.56. The zero-order chi connectivity index (χ0) is 29.9. The Hall–Kier alpha value is -4.21. The molecule has 1 saturated heterocycles. The Labute approximate surface area is 251 Å². The van der Waals surface area contributed by atoms with Crippen molar-refractivity contribution >= 4 is 28.0 Å². The lowest BCUT2D eigenvalue weighted by Crippen LogP contribution is -2.42. The average molecular weight is 581 g/mol. The standard InChI is InChI=1S/C34H40N6O3/c1-23-8-5-12-30-32(23)37-34(42)40(30)27-15-13-24(14-16-27)20-26(35)21-31(41)38-17-6-9-25(22-38)33-36-28-10-3-4-11-29(28)39(33)18-7-19-43-2/h3-5,8,10-16,25-26H,6-7,9,17-22,35H2,1-2H3,(H,37,42). The number of H-pyrrole nitrogens is 1. The highest BCUT2D eigenvalue weighted by atomic mass is 16.5. The fourth-order valence-electron chi connectivity index (χ4n) is 6.46. The summed E-state index contributed by atoms with van der Waals surface area (Å²) in [4.78, 5) is 36.1. The van der Waals surface area contributed by atoms with Crippen molar-refractivity contribution in [1.82, 2.24) is 24.0 Å². The molecule has 5 aromatic rings. The topological polar surface area (TPSA) is 111 Å². The van der Waals surface area contributed by atoms with Crippen molar-refractivity contribution in [3.05, 3.63) is 94.2 Å². The van der Waals surface area contributed by atoms with Gasteiger partial charge in [0.05, 0.1) is 27.8 Å². The number of piperidine rings is 1. The van der Waals surface area contributed by atoms with Crippen LogP contribution in [0.1, 0.15) is 48.6 Å². The van der Waals surface area contributed by atoms with E-state index in [0.29, 0.717) is 26.0 Å². The largest absolute Gasteiger partial charge is 0.385 e. The summed E-state index contributed by atoms with van der Waals surface area (Å²) in [5.41, 5.74) is 13.0. The number of nitrogens with one attached hydrogen (secondary N) is 1. The van der Waals surface area contributed by atoms with E-state index in [2.05, 4.69) is 27.8 Å². The Morgan fingerprint density at radius 3 is 2.70 bits per heavy atom. The maximum Gasteiger partial charge on any atom is 0.331 e. The first kappa shape index (κ1) is 28.9. The monoisotopic (exact) mass is 580 g/mol. The molecule has 0 aliphatic carbocycles. The lowest BCUT2D eigenvalue weighted by atomic mass is 9.96. The van der Waals surface area contributed by atoms with Crippen LogP contribution in [0.5, 0.6) is 0 Å². The number of likely N-dealkylation sites (tertiary alicyclic amines) is 1. The van der Waals surface area contributed by atoms with Crippen LogP contribution >= 0.6 is 0 Å². The number of aromatic nitrogens is 4. The van der Waals surface area contributed by atoms with Crippen LogP contribution in [0.2, 0.25) is 0 Å². The summed E-state index contributed by atoms with van der Waals surface area (Å²) in [5.74, 6) is 1.34. The molecule has 0 bridgehead atoms. The van der Waals surface area contributed by atoms with Crippen molar-refractivity contribution in [3.63, 3.8) is 0 Å². The van der Waals surface area contributed by atoms with Crippen LogP contribution in [-0.2, 0) is 22.5 Å². The highest BCUT2D eigenvalue weighted by molar-refractivity contribution is 5.80. The number of para-hydroxylation sites is 3. The minimum atomic E-state index is -0.296. The number of carbonyl (C=O) groups is 1. The van der Waals surface area contributed by atoms with Gasteiger partial charge in [0.25, 0.3) is 0 Å². The van der Waals surface area contributed by atoms with Gasteiger partial charge in [0.2, 0.25) is 5.91 Å². The lowest BCUT2D eigenvalue weighted by molar-refractivity contribution is -0.132. The Balaban J connectivity index is 1.10. The Morgan fingerprint density at radius 2 is 1.88 bits per heavy atom. The summed E-state index contributed by atoms with van der Waals surface area (Å²) >= 11 is 0. The molecule has 0 radical (unpaired) electrons. The number of rotatable bonds is 10. The number of methoxy groups -OCH3 is 1. The molecule has 1 aliphatic heterocycles. The molecule has 224 valence electrons. The maximum absolute atomic E-state index is 13.4. The van der Waals surface area contributed by atoms with E-state index in [1.807, 2.05) is 60.4 Å². The van der Waals surface area contributed by atoms with E-state index >= 15 is 0 Å². The van der Waals surface area contributed by atoms with E-state index in [1.165, 1.54) is 0 Å². The van der Waals surface area contributed by atoms with Crippen LogP contribution in [0.15, 0.2) is 71.5 Å². The molecule has 1 fully saturated rings. The van der Waals surface area contributed by atoms with Crippen molar-refractivity contribution in [2.45, 2.75) is 57.5 Å². The number of aromatic amines is 1. The molecule has 9 heteroatoms. The summed E-state index contributed by atoms with van der Waals surface area (Å²) in [7, 11) is 1.73. The molecule has 3 N–H and O–H groups in total. The van der Waals surface area contributed by atoms with E-state index in [9.17, 15) is 9.59 Å². The van der Waals surface area contributed by atoms with Crippen LogP contribution in [0.3, 0.4) is 0 Å². The smallest absolute Gasteiger partial charge is 0.331 e. The van der Waals surface area contributed by atoms with Gasteiger partial charge in [-0.05, 0) is 74.1 Å². The van der Waals surface area contributed by atoms with Gasteiger partial charge >= 0.3 is 5.69 Å². The lowest BCUT2D eigenvalue weighted by Gasteiger charge is -2.33. The van der Waals surface area contributed by atoms with Gasteiger partial charge < -0.3 is 24.9 Å². The van der Waals surface area contributed by atoms with E-state index in [4.69, 9.17) is 15.5 Å². The predicted molar refractivity (Wildman–Crippen MR) is 170 cm³/mol. The zero-order valence-corrected chi connectivity index (χ0v) is 25.0. The second-order valence-electron chi connectivity index (χ2n) is 11.7. The first-order valence-corrected chi connectivity index (χ1v) is 15.2. The summed E-state index contributed by atoms with van der Waals surface area (Å²) < 4.78 is 9.30. The molecule has 3 aromatic carbocycles. The summed E-state index contributed by atoms with van der Waals surface area (Å²) in [6.45, 7) is 4.93. The van der Waals surface area contributed by atoms with Crippen molar-refractivity contribution in [2.24, 2.45) is 5.73 Å². The SMILES string of the molecule is COCCCn1c(C2CCCN(C(=O)CC(N)Cc3ccc(-n4c(=O)[nH]c5c(C)cccc54)cc3)C2)nc2ccccc21. The van der Waals surface area contributed by atoms with Crippen LogP contribution in [0.4, 0.5) is 0 Å². The molecular weight excluding hydrogens is 540 g/mol. The third-order valence-electron chi connectivity index (χ3n) is 8.61. The van der Waals surface area contributed by atoms with Gasteiger partial charge in [0.1, 0.15) is 5.82 Å². The molecule has 0 spiro atoms. The van der Waals surface area contributed by atoms with Gasteiger partial charge in [-0.3, -0.25) is 9.36 Å². The number of fused-ring (bicyclic) bond motifs is 2. The van der Waals surface area contributed by atoms with Crippen molar-refractivity contribution < 1.29 is 9.53 Å². The maximum atomic E-state index is 13.4. The third-order valence-corrected chi connectivity index (χ3v) is 8.61. The molecular formula is C34H40N6O3. The van der Waals surface area contributed by atoms with Gasteiger partial charge in [-0.1, -0.05) is 36.4 Å². The zero-order valence-electron chi connectivity index (χ0n) is 25.0. The van der Waals surface area contributed by atoms with Crippen molar-refractivity contribution in [1.29, 1.82) is 0 Å². The Kier molecular flexibility index (Phi) is 8.44. The number of nitrogens with two attached hydrogens (primary N) is 1. The van der Waals surface area contributed by atoms with Crippen molar-refractivity contribution in [2.75, 3.05) is 26.8 Å². The number of carbonyl (C=O) groups excluding carboxylic acids is 1. The number of nitrogens with zero attached hydrogens (tertiary/aromatic N) is 4. The van der Waals surface area contributed by atoms with Crippen LogP contribution in [0.25, 0.3) is 27.8 Å². The molecule has 9 nitrogen and oxygen atoms in total. The third kappa shape index (κ3) is 6.00. The molecule has 2 aromatic heterocycles. The molecule has 0 saturated carbocycles. The number of hydrogen-bond donors (Lipinski definition) is 2. The summed E-state index contributed by atoms with van der Waals surface area (Å²) in [6, 6.07) is 21.7. The van der Waals surface area contributed by atoms with Crippen LogP contribution in [-0.4, -0.2) is 62.8 Å². The molecule has 1 amide bonds. The second kappa shape index (κ2) is 12.6. The van der Waals surface area contributed by atoms with Crippen LogP contribution in [0, 0.1) is 6.92 Å². The van der Waals surface area contributed by atoms with Crippen LogP contribution < -0.4 is 11.4 Å². The number of aryl methyl sites for hydroxylation is 2. The minimum Gasteiger partial charge on any atom is -0.385 e. The summed E-state index contributed by atoms with van der Waals surface area (Å²) in [5, 5.41) is 0. The van der Waals surface area contributed by atoms with Gasteiger partial charge in [-0.25, -0.2) is 9.78 Å². The number of hydrogen-bond acceptors (Lipinski definition) is 5. The first-order valence-electron chi connectivity index (χ1n) is 15.2. The van der Waals surface area contributed by atoms with Gasteiger partial charge in [-0.15, -0.1) is 0 Å². The van der Waals surface area contributed by atoms with E-state index in [0.717, 1.165) is 77.1 Å². The number of benzene rings is 3. The van der Waals surface area contributed by atoms with Gasteiger partial charge in [0.15, 0.2) is 0 Å². The normalized spacial score (nSPS) is 16.3. The highest BCUT2D eigenvalue weighted by Crippen LogP contribution is 2.30. The number of imidazole rings is 2. The van der Waals surface area contributed by atoms with Crippen molar-refractivity contribution in [3.8, 4) is 5.69 Å². The van der Waals surface area contributed by atoms with Gasteiger partial charge in [0, 0.05) is 51.7 Å². The molecule has 2 unspecified atom stereocenters. The predicted octanol–water partition coefficient (Wildman–Crippen LogP) is 4.68. The van der Waals surface area contributed by atoms with E-state index in [1.54, 1.807) is 11.7 Å². The highest BCUT2D eigenvalue weighted by Gasteiger charge is 2.29. The fourth-order valence-corrected chi connectivity index (χ4v) is 6.46. The molecule has 3 heterocycles. The molecule has 6 rings (SSSR count). The molecule has 2 atom stereocenters. The Bertz CT molecular complexity index is 1780. The second-order valence-corrected chi connectivity index (χ2v) is 11.7. The first-order chi connectivity index (χ1) is 20.9. The summed E-state index contributed by atoms with van der Waals surface area (Å²) in [6.07, 6.45) is 3.74. The van der Waals surface area contributed by atoms with E-state index < -0.39 is 0 Å². The molecule has 43 heavy (non-hydrogen) atoms. The number of amides is 1. The Morgan fingerprint density at radius 1 is 1.09 bits per heavy atom.